The number of hydrogen-bond donors (Lipinski definition) is 1. The largest absolute Gasteiger partial charge is 0.384 e. The third kappa shape index (κ3) is 5.06. The van der Waals surface area contributed by atoms with Crippen molar-refractivity contribution in [3.63, 3.8) is 0 Å². The molecule has 1 N–H and O–H groups in total. The van der Waals surface area contributed by atoms with Crippen molar-refractivity contribution < 1.29 is 4.79 Å². The second kappa shape index (κ2) is 9.13. The van der Waals surface area contributed by atoms with Gasteiger partial charge in [0.15, 0.2) is 0 Å². The lowest BCUT2D eigenvalue weighted by Crippen LogP contribution is -2.39. The van der Waals surface area contributed by atoms with E-state index in [4.69, 9.17) is 0 Å². The van der Waals surface area contributed by atoms with Crippen LogP contribution in [0.2, 0.25) is 0 Å². The van der Waals surface area contributed by atoms with Crippen LogP contribution in [0.5, 0.6) is 0 Å². The number of dihydropyridines is 1. The molecule has 1 unspecified atom stereocenters. The number of hydrogen-bond acceptors (Lipinski definition) is 3. The Hall–Kier alpha value is -1.50. The summed E-state index contributed by atoms with van der Waals surface area (Å²) in [7, 11) is 0. The molecule has 0 aromatic carbocycles. The molecule has 2 heterocycles. The molecule has 4 nitrogen and oxygen atoms in total. The highest BCUT2D eigenvalue weighted by atomic mass is 127. The van der Waals surface area contributed by atoms with Gasteiger partial charge in [0, 0.05) is 54.5 Å². The van der Waals surface area contributed by atoms with Gasteiger partial charge in [-0.2, -0.15) is 0 Å². The fourth-order valence-corrected chi connectivity index (χ4v) is 4.49. The molecule has 5 heteroatoms. The summed E-state index contributed by atoms with van der Waals surface area (Å²) in [6.45, 7) is 10.8. The molecule has 0 radical (unpaired) electrons. The van der Waals surface area contributed by atoms with Gasteiger partial charge in [-0.05, 0) is 72.9 Å². The van der Waals surface area contributed by atoms with E-state index in [1.807, 2.05) is 11.1 Å². The van der Waals surface area contributed by atoms with E-state index in [2.05, 4.69) is 64.5 Å². The van der Waals surface area contributed by atoms with Crippen molar-refractivity contribution in [3.05, 3.63) is 57.1 Å². The van der Waals surface area contributed by atoms with Crippen molar-refractivity contribution in [3.8, 4) is 0 Å². The number of piperidine rings is 1. The van der Waals surface area contributed by atoms with Crippen LogP contribution < -0.4 is 5.32 Å². The molecule has 146 valence electrons. The first-order valence-corrected chi connectivity index (χ1v) is 10.9. The minimum absolute atomic E-state index is 0.0975. The lowest BCUT2D eigenvalue weighted by molar-refractivity contribution is -0.126. The van der Waals surface area contributed by atoms with Crippen molar-refractivity contribution in [2.24, 2.45) is 0 Å². The van der Waals surface area contributed by atoms with Gasteiger partial charge in [0.2, 0.25) is 5.91 Å². The first-order valence-electron chi connectivity index (χ1n) is 9.87. The minimum atomic E-state index is 0.0975. The molecule has 1 fully saturated rings. The average Bonchev–Trinajstić information content (AvgIpc) is 2.84. The van der Waals surface area contributed by atoms with Crippen LogP contribution in [0.3, 0.4) is 0 Å². The summed E-state index contributed by atoms with van der Waals surface area (Å²) in [5, 5.41) is 3.39. The van der Waals surface area contributed by atoms with Gasteiger partial charge >= 0.3 is 0 Å². The van der Waals surface area contributed by atoms with Gasteiger partial charge in [0.1, 0.15) is 0 Å². The number of rotatable bonds is 4. The van der Waals surface area contributed by atoms with Crippen molar-refractivity contribution in [1.29, 1.82) is 0 Å². The first kappa shape index (κ1) is 20.2. The van der Waals surface area contributed by atoms with Crippen molar-refractivity contribution in [2.45, 2.75) is 52.0 Å². The van der Waals surface area contributed by atoms with Crippen LogP contribution in [0.15, 0.2) is 57.1 Å². The predicted octanol–water partition coefficient (Wildman–Crippen LogP) is 4.63. The van der Waals surface area contributed by atoms with Crippen LogP contribution in [0.1, 0.15) is 46.0 Å². The lowest BCUT2D eigenvalue weighted by Gasteiger charge is -2.35. The molecule has 0 saturated carbocycles. The van der Waals surface area contributed by atoms with E-state index in [1.165, 1.54) is 34.1 Å². The maximum absolute atomic E-state index is 12.7. The van der Waals surface area contributed by atoms with Gasteiger partial charge in [-0.1, -0.05) is 18.2 Å². The number of halogens is 1. The van der Waals surface area contributed by atoms with Crippen LogP contribution in [0, 0.1) is 0 Å². The maximum Gasteiger partial charge on any atom is 0.223 e. The van der Waals surface area contributed by atoms with Crippen LogP contribution in [-0.4, -0.2) is 41.4 Å². The summed E-state index contributed by atoms with van der Waals surface area (Å²) in [6.07, 6.45) is 14.0. The third-order valence-corrected chi connectivity index (χ3v) is 6.11. The normalized spacial score (nSPS) is 23.4. The number of nitrogens with zero attached hydrogens (tertiary/aromatic N) is 2. The van der Waals surface area contributed by atoms with Gasteiger partial charge in [-0.15, -0.1) is 0 Å². The number of carbonyl (C=O) groups is 1. The minimum Gasteiger partial charge on any atom is -0.384 e. The van der Waals surface area contributed by atoms with Crippen LogP contribution in [-0.2, 0) is 4.79 Å². The predicted molar refractivity (Wildman–Crippen MR) is 120 cm³/mol. The quantitative estimate of drug-likeness (QED) is 0.472. The number of carbonyl (C=O) groups excluding carboxylic acids is 1. The molecule has 3 aliphatic rings. The van der Waals surface area contributed by atoms with Crippen molar-refractivity contribution in [1.82, 2.24) is 15.1 Å². The molecular weight excluding hydrogens is 449 g/mol. The van der Waals surface area contributed by atoms with E-state index in [0.717, 1.165) is 37.2 Å². The molecule has 2 aliphatic heterocycles. The Morgan fingerprint density at radius 3 is 2.81 bits per heavy atom. The van der Waals surface area contributed by atoms with Gasteiger partial charge in [-0.3, -0.25) is 4.79 Å². The van der Waals surface area contributed by atoms with E-state index in [-0.39, 0.29) is 11.9 Å². The second-order valence-electron chi connectivity index (χ2n) is 7.65. The van der Waals surface area contributed by atoms with E-state index in [9.17, 15) is 4.79 Å². The summed E-state index contributed by atoms with van der Waals surface area (Å²) in [6, 6.07) is 0.230. The van der Waals surface area contributed by atoms with Crippen molar-refractivity contribution >= 4 is 28.5 Å². The fourth-order valence-electron chi connectivity index (χ4n) is 3.91. The SMILES string of the molecule is C=C1CC=CC(N2CCCCC2)=C(N(CC2=CC(I)=CNC2C)C(C)=O)C1. The number of likely N-dealkylation sites (tertiary alicyclic amines) is 1. The maximum atomic E-state index is 12.7. The van der Waals surface area contributed by atoms with Gasteiger partial charge in [-0.25, -0.2) is 0 Å². The highest BCUT2D eigenvalue weighted by Crippen LogP contribution is 2.30. The Balaban J connectivity index is 1.97. The molecule has 27 heavy (non-hydrogen) atoms. The van der Waals surface area contributed by atoms with Crippen LogP contribution in [0.4, 0.5) is 0 Å². The summed E-state index contributed by atoms with van der Waals surface area (Å²) in [4.78, 5) is 17.1. The first-order chi connectivity index (χ1) is 13.0. The smallest absolute Gasteiger partial charge is 0.223 e. The van der Waals surface area contributed by atoms with E-state index in [0.29, 0.717) is 6.54 Å². The number of amides is 1. The molecule has 0 aromatic rings. The fraction of sp³-hybridized carbons (Fsp3) is 0.500. The molecule has 1 amide bonds. The number of nitrogens with one attached hydrogen (secondary N) is 1. The van der Waals surface area contributed by atoms with Crippen LogP contribution in [0.25, 0.3) is 0 Å². The Morgan fingerprint density at radius 1 is 1.37 bits per heavy atom. The molecule has 1 saturated heterocycles. The molecule has 0 spiro atoms. The zero-order valence-electron chi connectivity index (χ0n) is 16.4. The third-order valence-electron chi connectivity index (χ3n) is 5.49. The molecule has 1 aliphatic carbocycles. The zero-order chi connectivity index (χ0) is 19.4. The Labute approximate surface area is 176 Å². The highest BCUT2D eigenvalue weighted by molar-refractivity contribution is 14.1. The zero-order valence-corrected chi connectivity index (χ0v) is 18.6. The summed E-state index contributed by atoms with van der Waals surface area (Å²) in [5.74, 6) is 0.0975. The molecule has 0 bridgehead atoms. The molecule has 1 atom stereocenters. The lowest BCUT2D eigenvalue weighted by atomic mass is 10.0. The van der Waals surface area contributed by atoms with E-state index < -0.39 is 0 Å². The molecular formula is C22H30IN3O. The monoisotopic (exact) mass is 479 g/mol. The Kier molecular flexibility index (Phi) is 6.84. The van der Waals surface area contributed by atoms with Gasteiger partial charge < -0.3 is 15.1 Å². The standard InChI is InChI=1S/C22H30IN3O/c1-16-8-7-9-21(25-10-5-4-6-11-25)22(12-16)26(18(3)27)15-19-13-20(23)14-24-17(19)2/h7,9,13-14,17,24H,1,4-6,8,10-12,15H2,2-3H3. The van der Waals surface area contributed by atoms with Crippen molar-refractivity contribution in [2.75, 3.05) is 19.6 Å². The Bertz CT molecular complexity index is 726. The highest BCUT2D eigenvalue weighted by Gasteiger charge is 2.26. The molecule has 0 aromatic heterocycles. The Morgan fingerprint density at radius 2 is 2.11 bits per heavy atom. The topological polar surface area (TPSA) is 35.6 Å². The summed E-state index contributed by atoms with van der Waals surface area (Å²) in [5.41, 5.74) is 4.73. The van der Waals surface area contributed by atoms with E-state index >= 15 is 0 Å². The van der Waals surface area contributed by atoms with Gasteiger partial charge in [0.05, 0.1) is 5.70 Å². The van der Waals surface area contributed by atoms with Gasteiger partial charge in [0.25, 0.3) is 0 Å². The summed E-state index contributed by atoms with van der Waals surface area (Å²) < 4.78 is 1.17. The van der Waals surface area contributed by atoms with E-state index in [1.54, 1.807) is 6.92 Å². The molecule has 3 rings (SSSR count). The second-order valence-corrected chi connectivity index (χ2v) is 8.90. The van der Waals surface area contributed by atoms with Crippen LogP contribution >= 0.6 is 22.6 Å². The average molecular weight is 479 g/mol. The summed E-state index contributed by atoms with van der Waals surface area (Å²) >= 11 is 2.32. The number of allylic oxidation sites excluding steroid dienone is 5.